The van der Waals surface area contributed by atoms with Crippen LogP contribution in [0.3, 0.4) is 0 Å². The third kappa shape index (κ3) is 3.13. The summed E-state index contributed by atoms with van der Waals surface area (Å²) in [6, 6.07) is 16.0. The van der Waals surface area contributed by atoms with Crippen molar-refractivity contribution in [3.8, 4) is 0 Å². The Bertz CT molecular complexity index is 988. The number of hydrogen-bond acceptors (Lipinski definition) is 3. The molecular formula is C20H16ClN3O2. The normalized spacial score (nSPS) is 14.0. The van der Waals surface area contributed by atoms with Crippen LogP contribution < -0.4 is 0 Å². The summed E-state index contributed by atoms with van der Waals surface area (Å²) in [5.41, 5.74) is 2.02. The molecule has 0 atom stereocenters. The lowest BCUT2D eigenvalue weighted by molar-refractivity contribution is 0.0701. The fourth-order valence-corrected chi connectivity index (χ4v) is 3.21. The molecule has 0 radical (unpaired) electrons. The molecule has 0 spiro atoms. The van der Waals surface area contributed by atoms with Gasteiger partial charge in [-0.25, -0.2) is 0 Å². The molecule has 1 aliphatic heterocycles. The summed E-state index contributed by atoms with van der Waals surface area (Å²) in [5.74, 6) is -0.179. The lowest BCUT2D eigenvalue weighted by Crippen LogP contribution is -2.34. The van der Waals surface area contributed by atoms with Crippen LogP contribution >= 0.6 is 11.6 Å². The SMILES string of the molecule is O=C(c1ccc(Cl)cc1)N1CCN(C(=O)c2ccc3ncccc3c2)C1. The van der Waals surface area contributed by atoms with Crippen LogP contribution in [0.2, 0.25) is 5.02 Å². The predicted molar refractivity (Wildman–Crippen MR) is 100 cm³/mol. The summed E-state index contributed by atoms with van der Waals surface area (Å²) >= 11 is 5.87. The number of nitrogens with zero attached hydrogens (tertiary/aromatic N) is 3. The minimum Gasteiger partial charge on any atom is -0.319 e. The smallest absolute Gasteiger partial charge is 0.255 e. The fourth-order valence-electron chi connectivity index (χ4n) is 3.09. The van der Waals surface area contributed by atoms with Gasteiger partial charge >= 0.3 is 0 Å². The topological polar surface area (TPSA) is 53.5 Å². The van der Waals surface area contributed by atoms with E-state index in [0.29, 0.717) is 29.2 Å². The molecule has 0 unspecified atom stereocenters. The third-order valence-electron chi connectivity index (χ3n) is 4.50. The standard InChI is InChI=1S/C20H16ClN3O2/c21-17-6-3-14(4-7-17)19(25)23-10-11-24(13-23)20(26)16-5-8-18-15(12-16)2-1-9-22-18/h1-9,12H,10-11,13H2. The molecule has 0 aliphatic carbocycles. The Morgan fingerprint density at radius 3 is 2.27 bits per heavy atom. The number of carbonyl (C=O) groups excluding carboxylic acids is 2. The zero-order chi connectivity index (χ0) is 18.1. The molecule has 5 nitrogen and oxygen atoms in total. The zero-order valence-corrected chi connectivity index (χ0v) is 14.7. The van der Waals surface area contributed by atoms with Crippen molar-refractivity contribution in [3.63, 3.8) is 0 Å². The van der Waals surface area contributed by atoms with Gasteiger partial charge in [0.05, 0.1) is 12.2 Å². The van der Waals surface area contributed by atoms with Crippen molar-refractivity contribution in [2.45, 2.75) is 0 Å². The molecule has 2 aromatic carbocycles. The predicted octanol–water partition coefficient (Wildman–Crippen LogP) is 3.44. The highest BCUT2D eigenvalue weighted by atomic mass is 35.5. The van der Waals surface area contributed by atoms with Crippen LogP contribution in [0.25, 0.3) is 10.9 Å². The van der Waals surface area contributed by atoms with Gasteiger partial charge in [0.15, 0.2) is 0 Å². The maximum atomic E-state index is 12.8. The van der Waals surface area contributed by atoms with Crippen LogP contribution in [0.5, 0.6) is 0 Å². The summed E-state index contributed by atoms with van der Waals surface area (Å²) in [7, 11) is 0. The number of halogens is 1. The number of pyridine rings is 1. The van der Waals surface area contributed by atoms with Gasteiger partial charge in [-0.15, -0.1) is 0 Å². The highest BCUT2D eigenvalue weighted by molar-refractivity contribution is 6.30. The van der Waals surface area contributed by atoms with E-state index in [9.17, 15) is 9.59 Å². The first-order chi connectivity index (χ1) is 12.6. The number of fused-ring (bicyclic) bond motifs is 1. The van der Waals surface area contributed by atoms with Crippen LogP contribution in [-0.2, 0) is 0 Å². The van der Waals surface area contributed by atoms with Crippen LogP contribution in [0.1, 0.15) is 20.7 Å². The van der Waals surface area contributed by atoms with Crippen LogP contribution in [-0.4, -0.2) is 46.4 Å². The first-order valence-corrected chi connectivity index (χ1v) is 8.68. The number of rotatable bonds is 2. The molecule has 0 saturated carbocycles. The number of hydrogen-bond donors (Lipinski definition) is 0. The lowest BCUT2D eigenvalue weighted by Gasteiger charge is -2.19. The molecule has 3 aromatic rings. The molecule has 1 fully saturated rings. The molecule has 130 valence electrons. The van der Waals surface area contributed by atoms with Gasteiger partial charge in [0, 0.05) is 40.8 Å². The Hall–Kier alpha value is -2.92. The highest BCUT2D eigenvalue weighted by Gasteiger charge is 2.28. The summed E-state index contributed by atoms with van der Waals surface area (Å²) in [6.45, 7) is 1.32. The Morgan fingerprint density at radius 2 is 1.54 bits per heavy atom. The summed E-state index contributed by atoms with van der Waals surface area (Å²) < 4.78 is 0. The van der Waals surface area contributed by atoms with Crippen molar-refractivity contribution >= 4 is 34.3 Å². The van der Waals surface area contributed by atoms with Gasteiger partial charge in [0.25, 0.3) is 11.8 Å². The highest BCUT2D eigenvalue weighted by Crippen LogP contribution is 2.18. The van der Waals surface area contributed by atoms with E-state index in [0.717, 1.165) is 10.9 Å². The van der Waals surface area contributed by atoms with Crippen LogP contribution in [0, 0.1) is 0 Å². The van der Waals surface area contributed by atoms with E-state index in [2.05, 4.69) is 4.98 Å². The van der Waals surface area contributed by atoms with Crippen molar-refractivity contribution < 1.29 is 9.59 Å². The zero-order valence-electron chi connectivity index (χ0n) is 13.9. The maximum absolute atomic E-state index is 12.8. The van der Waals surface area contributed by atoms with E-state index < -0.39 is 0 Å². The molecular weight excluding hydrogens is 350 g/mol. The molecule has 2 heterocycles. The molecule has 2 amide bonds. The minimum absolute atomic E-state index is 0.0813. The Morgan fingerprint density at radius 1 is 0.885 bits per heavy atom. The van der Waals surface area contributed by atoms with Crippen molar-refractivity contribution in [3.05, 3.63) is 76.9 Å². The van der Waals surface area contributed by atoms with Gasteiger partial charge < -0.3 is 9.80 Å². The summed E-state index contributed by atoms with van der Waals surface area (Å²) in [5, 5.41) is 1.51. The number of carbonyl (C=O) groups is 2. The van der Waals surface area contributed by atoms with Crippen molar-refractivity contribution in [1.82, 2.24) is 14.8 Å². The second-order valence-corrected chi connectivity index (χ2v) is 6.63. The average Bonchev–Trinajstić information content (AvgIpc) is 3.17. The third-order valence-corrected chi connectivity index (χ3v) is 4.75. The van der Waals surface area contributed by atoms with E-state index in [1.54, 1.807) is 46.3 Å². The van der Waals surface area contributed by atoms with E-state index in [4.69, 9.17) is 11.6 Å². The Balaban J connectivity index is 1.49. The molecule has 1 saturated heterocycles. The molecule has 0 N–H and O–H groups in total. The second kappa shape index (κ2) is 6.77. The first kappa shape index (κ1) is 16.5. The van der Waals surface area contributed by atoms with E-state index in [1.165, 1.54) is 0 Å². The molecule has 1 aliphatic rings. The van der Waals surface area contributed by atoms with Crippen LogP contribution in [0.15, 0.2) is 60.8 Å². The van der Waals surface area contributed by atoms with E-state index in [1.807, 2.05) is 24.3 Å². The fraction of sp³-hybridized carbons (Fsp3) is 0.150. The Kier molecular flexibility index (Phi) is 4.31. The van der Waals surface area contributed by atoms with Crippen molar-refractivity contribution in [1.29, 1.82) is 0 Å². The van der Waals surface area contributed by atoms with Crippen molar-refractivity contribution in [2.75, 3.05) is 19.8 Å². The molecule has 26 heavy (non-hydrogen) atoms. The molecule has 0 bridgehead atoms. The molecule has 1 aromatic heterocycles. The number of aromatic nitrogens is 1. The average molecular weight is 366 g/mol. The first-order valence-electron chi connectivity index (χ1n) is 8.31. The van der Waals surface area contributed by atoms with Gasteiger partial charge in [0.1, 0.15) is 0 Å². The Labute approximate surface area is 155 Å². The maximum Gasteiger partial charge on any atom is 0.255 e. The molecule has 6 heteroatoms. The van der Waals surface area contributed by atoms with Crippen molar-refractivity contribution in [2.24, 2.45) is 0 Å². The summed E-state index contributed by atoms with van der Waals surface area (Å²) in [4.78, 5) is 33.0. The van der Waals surface area contributed by atoms with Gasteiger partial charge in [-0.1, -0.05) is 17.7 Å². The molecule has 4 rings (SSSR count). The van der Waals surface area contributed by atoms with E-state index >= 15 is 0 Å². The second-order valence-electron chi connectivity index (χ2n) is 6.20. The lowest BCUT2D eigenvalue weighted by atomic mass is 10.1. The minimum atomic E-state index is -0.0975. The van der Waals surface area contributed by atoms with Gasteiger partial charge in [0.2, 0.25) is 0 Å². The van der Waals surface area contributed by atoms with E-state index in [-0.39, 0.29) is 18.5 Å². The largest absolute Gasteiger partial charge is 0.319 e. The quantitative estimate of drug-likeness (QED) is 0.699. The van der Waals surface area contributed by atoms with Gasteiger partial charge in [-0.3, -0.25) is 14.6 Å². The van der Waals surface area contributed by atoms with Gasteiger partial charge in [-0.05, 0) is 48.5 Å². The summed E-state index contributed by atoms with van der Waals surface area (Å²) in [6.07, 6.45) is 1.73. The number of amides is 2. The monoisotopic (exact) mass is 365 g/mol. The number of benzene rings is 2. The van der Waals surface area contributed by atoms with Crippen LogP contribution in [0.4, 0.5) is 0 Å². The van der Waals surface area contributed by atoms with Gasteiger partial charge in [-0.2, -0.15) is 0 Å².